The molecule has 5 nitrogen and oxygen atoms in total. The largest absolute Gasteiger partial charge is 0.315 e. The van der Waals surface area contributed by atoms with Gasteiger partial charge in [-0.15, -0.1) is 0 Å². The number of likely N-dealkylation sites (N-methyl/N-ethyl adjacent to an activating group) is 1. The average molecular weight is 477 g/mol. The third kappa shape index (κ3) is 5.75. The average Bonchev–Trinajstić information content (AvgIpc) is 3.13. The van der Waals surface area contributed by atoms with Crippen LogP contribution in [0.3, 0.4) is 0 Å². The molecular weight excluding hydrogens is 444 g/mol. The van der Waals surface area contributed by atoms with E-state index < -0.39 is 15.9 Å². The van der Waals surface area contributed by atoms with Gasteiger partial charge in [0.2, 0.25) is 15.9 Å². The molecule has 1 amide bonds. The third-order valence-electron chi connectivity index (χ3n) is 6.55. The van der Waals surface area contributed by atoms with Gasteiger partial charge in [0.15, 0.2) is 0 Å². The number of anilines is 1. The van der Waals surface area contributed by atoms with Crippen molar-refractivity contribution >= 4 is 21.6 Å². The first kappa shape index (κ1) is 24.2. The Morgan fingerprint density at radius 3 is 1.79 bits per heavy atom. The van der Waals surface area contributed by atoms with E-state index in [9.17, 15) is 13.2 Å². The molecule has 1 aliphatic rings. The Morgan fingerprint density at radius 1 is 0.794 bits per heavy atom. The molecule has 0 aliphatic heterocycles. The summed E-state index contributed by atoms with van der Waals surface area (Å²) in [5.41, 5.74) is 2.48. The number of amides is 1. The number of carbonyl (C=O) groups excluding carboxylic acids is 1. The molecular formula is C28H32N2O3S. The van der Waals surface area contributed by atoms with Gasteiger partial charge in [0.1, 0.15) is 0 Å². The van der Waals surface area contributed by atoms with Gasteiger partial charge in [-0.1, -0.05) is 86.3 Å². The fourth-order valence-electron chi connectivity index (χ4n) is 4.62. The lowest BCUT2D eigenvalue weighted by molar-refractivity contribution is -0.118. The van der Waals surface area contributed by atoms with Crippen LogP contribution in [0.1, 0.15) is 55.6 Å². The van der Waals surface area contributed by atoms with Crippen LogP contribution in [0, 0.1) is 0 Å². The highest BCUT2D eigenvalue weighted by Gasteiger charge is 2.27. The number of sulfonamides is 1. The number of nitrogens with zero attached hydrogens (tertiary/aromatic N) is 1. The Bertz CT molecular complexity index is 1130. The molecule has 1 aliphatic carbocycles. The van der Waals surface area contributed by atoms with Crippen molar-refractivity contribution in [3.05, 3.63) is 96.1 Å². The lowest BCUT2D eigenvalue weighted by atomic mass is 9.90. The van der Waals surface area contributed by atoms with Crippen LogP contribution in [0.5, 0.6) is 0 Å². The molecule has 178 valence electrons. The molecule has 1 saturated carbocycles. The van der Waals surface area contributed by atoms with Gasteiger partial charge in [-0.2, -0.15) is 0 Å². The second-order valence-corrected chi connectivity index (χ2v) is 10.7. The molecule has 0 heterocycles. The van der Waals surface area contributed by atoms with Gasteiger partial charge < -0.3 is 4.90 Å². The summed E-state index contributed by atoms with van der Waals surface area (Å²) in [6, 6.07) is 26.0. The van der Waals surface area contributed by atoms with Gasteiger partial charge >= 0.3 is 0 Å². The number of hydrogen-bond donors (Lipinski definition) is 1. The van der Waals surface area contributed by atoms with E-state index in [4.69, 9.17) is 0 Å². The van der Waals surface area contributed by atoms with Gasteiger partial charge in [-0.3, -0.25) is 4.79 Å². The zero-order valence-electron chi connectivity index (χ0n) is 19.6. The summed E-state index contributed by atoms with van der Waals surface area (Å²) in [6.45, 7) is 0. The van der Waals surface area contributed by atoms with Gasteiger partial charge in [0, 0.05) is 18.8 Å². The minimum Gasteiger partial charge on any atom is -0.315 e. The van der Waals surface area contributed by atoms with Crippen LogP contribution in [0.25, 0.3) is 0 Å². The van der Waals surface area contributed by atoms with Crippen molar-refractivity contribution in [2.24, 2.45) is 0 Å². The summed E-state index contributed by atoms with van der Waals surface area (Å²) in [5, 5.41) is 0. The smallest absolute Gasteiger partial charge is 0.240 e. The van der Waals surface area contributed by atoms with Crippen molar-refractivity contribution in [2.75, 3.05) is 11.9 Å². The summed E-state index contributed by atoms with van der Waals surface area (Å²) in [5.74, 6) is -0.530. The molecule has 0 saturated heterocycles. The highest BCUT2D eigenvalue weighted by Crippen LogP contribution is 2.29. The molecule has 1 N–H and O–H groups in total. The van der Waals surface area contributed by atoms with E-state index in [1.165, 1.54) is 12.8 Å². The van der Waals surface area contributed by atoms with Crippen molar-refractivity contribution in [1.29, 1.82) is 0 Å². The molecule has 0 unspecified atom stereocenters. The summed E-state index contributed by atoms with van der Waals surface area (Å²) in [7, 11) is -1.86. The Kier molecular flexibility index (Phi) is 7.80. The normalized spacial score (nSPS) is 15.1. The van der Waals surface area contributed by atoms with Crippen LogP contribution in [0.4, 0.5) is 5.69 Å². The molecule has 6 heteroatoms. The van der Waals surface area contributed by atoms with Gasteiger partial charge in [0.25, 0.3) is 0 Å². The molecule has 3 aromatic rings. The second-order valence-electron chi connectivity index (χ2n) is 8.96. The van der Waals surface area contributed by atoms with Crippen molar-refractivity contribution in [3.63, 3.8) is 0 Å². The van der Waals surface area contributed by atoms with Crippen LogP contribution in [0.2, 0.25) is 0 Å². The van der Waals surface area contributed by atoms with Gasteiger partial charge in [-0.25, -0.2) is 13.1 Å². The first-order chi connectivity index (χ1) is 16.5. The molecule has 0 radical (unpaired) electrons. The lowest BCUT2D eigenvalue weighted by Crippen LogP contribution is -2.34. The minimum atomic E-state index is -3.59. The van der Waals surface area contributed by atoms with Crippen molar-refractivity contribution in [1.82, 2.24) is 4.72 Å². The maximum atomic E-state index is 13.6. The SMILES string of the molecule is CN(C(=O)C(c1ccccc1)c1ccccc1)c1ccc(S(=O)(=O)NC2CCCCCC2)cc1. The van der Waals surface area contributed by atoms with Crippen LogP contribution >= 0.6 is 0 Å². The molecule has 4 rings (SSSR count). The van der Waals surface area contributed by atoms with Crippen molar-refractivity contribution in [2.45, 2.75) is 55.4 Å². The third-order valence-corrected chi connectivity index (χ3v) is 8.09. The van der Waals surface area contributed by atoms with E-state index >= 15 is 0 Å². The summed E-state index contributed by atoms with van der Waals surface area (Å²) in [6.07, 6.45) is 6.22. The molecule has 0 aromatic heterocycles. The molecule has 34 heavy (non-hydrogen) atoms. The predicted molar refractivity (Wildman–Crippen MR) is 136 cm³/mol. The zero-order valence-corrected chi connectivity index (χ0v) is 20.4. The summed E-state index contributed by atoms with van der Waals surface area (Å²) < 4.78 is 28.7. The first-order valence-electron chi connectivity index (χ1n) is 12.0. The van der Waals surface area contributed by atoms with E-state index in [0.717, 1.165) is 36.8 Å². The maximum Gasteiger partial charge on any atom is 0.240 e. The minimum absolute atomic E-state index is 0.00562. The fourth-order valence-corrected chi connectivity index (χ4v) is 5.93. The highest BCUT2D eigenvalue weighted by molar-refractivity contribution is 7.89. The van der Waals surface area contributed by atoms with E-state index in [1.807, 2.05) is 60.7 Å². The van der Waals surface area contributed by atoms with Gasteiger partial charge in [-0.05, 0) is 48.2 Å². The molecule has 0 bridgehead atoms. The zero-order chi connectivity index (χ0) is 24.0. The summed E-state index contributed by atoms with van der Waals surface area (Å²) in [4.78, 5) is 15.4. The molecule has 0 spiro atoms. The van der Waals surface area contributed by atoms with Crippen LogP contribution in [0.15, 0.2) is 89.8 Å². The standard InChI is InChI=1S/C28H32N2O3S/c1-30(28(31)27(22-12-6-4-7-13-22)23-14-8-5-9-15-23)25-18-20-26(21-19-25)34(32,33)29-24-16-10-2-3-11-17-24/h4-9,12-15,18-21,24,27,29H,2-3,10-11,16-17H2,1H3. The van der Waals surface area contributed by atoms with Crippen LogP contribution < -0.4 is 9.62 Å². The monoisotopic (exact) mass is 476 g/mol. The number of benzene rings is 3. The lowest BCUT2D eigenvalue weighted by Gasteiger charge is -2.25. The Labute approximate surface area is 202 Å². The summed E-state index contributed by atoms with van der Waals surface area (Å²) >= 11 is 0. The number of hydrogen-bond acceptors (Lipinski definition) is 3. The van der Waals surface area contributed by atoms with Crippen LogP contribution in [-0.2, 0) is 14.8 Å². The quantitative estimate of drug-likeness (QED) is 0.459. The Balaban J connectivity index is 1.54. The van der Waals surface area contributed by atoms with Crippen molar-refractivity contribution < 1.29 is 13.2 Å². The molecule has 1 fully saturated rings. The Morgan fingerprint density at radius 2 is 1.29 bits per heavy atom. The number of nitrogens with one attached hydrogen (secondary N) is 1. The van der Waals surface area contributed by atoms with E-state index in [0.29, 0.717) is 5.69 Å². The highest BCUT2D eigenvalue weighted by atomic mass is 32.2. The van der Waals surface area contributed by atoms with E-state index in [2.05, 4.69) is 4.72 Å². The number of rotatable bonds is 7. The second kappa shape index (κ2) is 11.0. The van der Waals surface area contributed by atoms with Crippen LogP contribution in [-0.4, -0.2) is 27.4 Å². The van der Waals surface area contributed by atoms with E-state index in [-0.39, 0.29) is 16.8 Å². The topological polar surface area (TPSA) is 66.5 Å². The molecule has 0 atom stereocenters. The molecule has 3 aromatic carbocycles. The maximum absolute atomic E-state index is 13.6. The predicted octanol–water partition coefficient (Wildman–Crippen LogP) is 5.48. The number of carbonyl (C=O) groups is 1. The fraction of sp³-hybridized carbons (Fsp3) is 0.321. The van der Waals surface area contributed by atoms with Gasteiger partial charge in [0.05, 0.1) is 10.8 Å². The Hall–Kier alpha value is -2.96. The van der Waals surface area contributed by atoms with Crippen molar-refractivity contribution in [3.8, 4) is 0 Å². The van der Waals surface area contributed by atoms with E-state index in [1.54, 1.807) is 36.2 Å². The first-order valence-corrected chi connectivity index (χ1v) is 13.4.